The van der Waals surface area contributed by atoms with Crippen molar-refractivity contribution in [2.45, 2.75) is 19.6 Å². The summed E-state index contributed by atoms with van der Waals surface area (Å²) in [6, 6.07) is 10.6. The van der Waals surface area contributed by atoms with E-state index >= 15 is 0 Å². The molecule has 2 aromatic rings. The largest absolute Gasteiger partial charge is 0.492 e. The maximum absolute atomic E-state index is 12.1. The Morgan fingerprint density at radius 1 is 1.04 bits per heavy atom. The summed E-state index contributed by atoms with van der Waals surface area (Å²) in [6.45, 7) is 4.40. The first-order valence-electron chi connectivity index (χ1n) is 7.37. The van der Waals surface area contributed by atoms with Crippen LogP contribution < -0.4 is 9.46 Å². The van der Waals surface area contributed by atoms with Gasteiger partial charge < -0.3 is 4.74 Å². The highest BCUT2D eigenvalue weighted by Gasteiger charge is 2.13. The Labute approximate surface area is 152 Å². The fraction of sp³-hybridized carbons (Fsp3) is 0.294. The number of aryl methyl sites for hydroxylation is 2. The fourth-order valence-electron chi connectivity index (χ4n) is 2.28. The lowest BCUT2D eigenvalue weighted by Gasteiger charge is -2.10. The molecule has 0 aliphatic heterocycles. The molecule has 24 heavy (non-hydrogen) atoms. The Bertz CT molecular complexity index is 802. The summed E-state index contributed by atoms with van der Waals surface area (Å²) in [6.07, 6.45) is 0. The van der Waals surface area contributed by atoms with Crippen LogP contribution in [0.2, 0.25) is 10.0 Å². The molecule has 1 N–H and O–H groups in total. The third-order valence-corrected chi connectivity index (χ3v) is 5.17. The van der Waals surface area contributed by atoms with Crippen LogP contribution in [0, 0.1) is 13.8 Å². The Balaban J connectivity index is 1.86. The summed E-state index contributed by atoms with van der Waals surface area (Å²) in [7, 11) is -3.50. The highest BCUT2D eigenvalue weighted by atomic mass is 35.5. The highest BCUT2D eigenvalue weighted by Crippen LogP contribution is 2.22. The number of halogens is 2. The molecule has 0 bridgehead atoms. The van der Waals surface area contributed by atoms with Crippen molar-refractivity contribution in [3.8, 4) is 5.75 Å². The zero-order valence-corrected chi connectivity index (χ0v) is 15.8. The maximum atomic E-state index is 12.1. The van der Waals surface area contributed by atoms with Gasteiger partial charge in [-0.15, -0.1) is 0 Å². The molecule has 0 heterocycles. The molecule has 0 fully saturated rings. The lowest BCUT2D eigenvalue weighted by atomic mass is 10.1. The second kappa shape index (κ2) is 8.21. The molecule has 4 nitrogen and oxygen atoms in total. The zero-order valence-electron chi connectivity index (χ0n) is 13.5. The van der Waals surface area contributed by atoms with Gasteiger partial charge in [0.1, 0.15) is 12.4 Å². The molecule has 2 rings (SSSR count). The zero-order chi connectivity index (χ0) is 17.7. The molecule has 2 aromatic carbocycles. The lowest BCUT2D eigenvalue weighted by Crippen LogP contribution is -2.29. The van der Waals surface area contributed by atoms with Gasteiger partial charge in [0.25, 0.3) is 0 Å². The molecule has 0 radical (unpaired) electrons. The summed E-state index contributed by atoms with van der Waals surface area (Å²) in [4.78, 5) is 0. The standard InChI is InChI=1S/C17H19Cl2NO3S/c1-12-7-13(2)9-16(8-12)23-6-5-20-24(21,22)11-14-3-4-15(18)10-17(14)19/h3-4,7-10,20H,5-6,11H2,1-2H3. The minimum absolute atomic E-state index is 0.181. The molecular weight excluding hydrogens is 369 g/mol. The summed E-state index contributed by atoms with van der Waals surface area (Å²) >= 11 is 11.8. The molecule has 0 saturated carbocycles. The quantitative estimate of drug-likeness (QED) is 0.727. The number of ether oxygens (including phenoxy) is 1. The monoisotopic (exact) mass is 387 g/mol. The van der Waals surface area contributed by atoms with Crippen molar-refractivity contribution < 1.29 is 13.2 Å². The molecule has 0 aliphatic rings. The number of hydrogen-bond acceptors (Lipinski definition) is 3. The highest BCUT2D eigenvalue weighted by molar-refractivity contribution is 7.88. The van der Waals surface area contributed by atoms with Gasteiger partial charge in [-0.1, -0.05) is 35.3 Å². The molecule has 130 valence electrons. The van der Waals surface area contributed by atoms with E-state index in [2.05, 4.69) is 4.72 Å². The predicted octanol–water partition coefficient (Wildman–Crippen LogP) is 4.11. The maximum Gasteiger partial charge on any atom is 0.215 e. The van der Waals surface area contributed by atoms with Gasteiger partial charge in [0.2, 0.25) is 10.0 Å². The average molecular weight is 388 g/mol. The van der Waals surface area contributed by atoms with Crippen LogP contribution in [0.4, 0.5) is 0 Å². The van der Waals surface area contributed by atoms with Crippen LogP contribution in [-0.2, 0) is 15.8 Å². The summed E-state index contributed by atoms with van der Waals surface area (Å²) in [5.41, 5.74) is 2.70. The predicted molar refractivity (Wildman–Crippen MR) is 98.5 cm³/mol. The SMILES string of the molecule is Cc1cc(C)cc(OCCNS(=O)(=O)Cc2ccc(Cl)cc2Cl)c1. The molecule has 0 aliphatic carbocycles. The van der Waals surface area contributed by atoms with Crippen molar-refractivity contribution in [1.82, 2.24) is 4.72 Å². The average Bonchev–Trinajstić information content (AvgIpc) is 2.46. The van der Waals surface area contributed by atoms with E-state index < -0.39 is 10.0 Å². The number of hydrogen-bond donors (Lipinski definition) is 1. The molecular formula is C17H19Cl2NO3S. The number of nitrogens with one attached hydrogen (secondary N) is 1. The van der Waals surface area contributed by atoms with E-state index in [1.807, 2.05) is 32.0 Å². The van der Waals surface area contributed by atoms with Crippen molar-refractivity contribution in [3.05, 3.63) is 63.1 Å². The topological polar surface area (TPSA) is 55.4 Å². The smallest absolute Gasteiger partial charge is 0.215 e. The Morgan fingerprint density at radius 2 is 1.71 bits per heavy atom. The minimum Gasteiger partial charge on any atom is -0.492 e. The van der Waals surface area contributed by atoms with Crippen LogP contribution >= 0.6 is 23.2 Å². The Morgan fingerprint density at radius 3 is 2.33 bits per heavy atom. The number of sulfonamides is 1. The number of benzene rings is 2. The molecule has 0 unspecified atom stereocenters. The van der Waals surface area contributed by atoms with Gasteiger partial charge in [-0.3, -0.25) is 0 Å². The van der Waals surface area contributed by atoms with Gasteiger partial charge in [-0.2, -0.15) is 0 Å². The second-order valence-corrected chi connectivity index (χ2v) is 8.21. The van der Waals surface area contributed by atoms with E-state index in [0.717, 1.165) is 16.9 Å². The van der Waals surface area contributed by atoms with Crippen LogP contribution in [0.1, 0.15) is 16.7 Å². The van der Waals surface area contributed by atoms with Gasteiger partial charge in [-0.05, 0) is 54.8 Å². The third kappa shape index (κ3) is 5.98. The molecule has 0 saturated heterocycles. The van der Waals surface area contributed by atoms with Gasteiger partial charge in [0.05, 0.1) is 5.75 Å². The van der Waals surface area contributed by atoms with Crippen molar-refractivity contribution >= 4 is 33.2 Å². The third-order valence-electron chi connectivity index (χ3n) is 3.25. The van der Waals surface area contributed by atoms with E-state index in [4.69, 9.17) is 27.9 Å². The molecule has 0 aromatic heterocycles. The normalized spacial score (nSPS) is 11.5. The Kier molecular flexibility index (Phi) is 6.52. The summed E-state index contributed by atoms with van der Waals surface area (Å²) < 4.78 is 32.3. The lowest BCUT2D eigenvalue weighted by molar-refractivity contribution is 0.322. The van der Waals surface area contributed by atoms with Gasteiger partial charge in [0, 0.05) is 16.6 Å². The Hall–Kier alpha value is -1.27. The molecule has 0 amide bonds. The van der Waals surface area contributed by atoms with E-state index in [9.17, 15) is 8.42 Å². The van der Waals surface area contributed by atoms with Crippen LogP contribution in [-0.4, -0.2) is 21.6 Å². The van der Waals surface area contributed by atoms with Gasteiger partial charge >= 0.3 is 0 Å². The van der Waals surface area contributed by atoms with E-state index in [1.165, 1.54) is 6.07 Å². The van der Waals surface area contributed by atoms with Crippen LogP contribution in [0.5, 0.6) is 5.75 Å². The first-order valence-corrected chi connectivity index (χ1v) is 9.78. The van der Waals surface area contributed by atoms with Crippen molar-refractivity contribution in [2.24, 2.45) is 0 Å². The second-order valence-electron chi connectivity index (χ2n) is 5.56. The first-order chi connectivity index (χ1) is 11.2. The van der Waals surface area contributed by atoms with Crippen molar-refractivity contribution in [1.29, 1.82) is 0 Å². The van der Waals surface area contributed by atoms with E-state index in [1.54, 1.807) is 12.1 Å². The van der Waals surface area contributed by atoms with Crippen LogP contribution in [0.3, 0.4) is 0 Å². The fourth-order valence-corrected chi connectivity index (χ4v) is 3.99. The van der Waals surface area contributed by atoms with Crippen molar-refractivity contribution in [2.75, 3.05) is 13.2 Å². The van der Waals surface area contributed by atoms with E-state index in [0.29, 0.717) is 15.6 Å². The molecule has 7 heteroatoms. The molecule has 0 spiro atoms. The summed E-state index contributed by atoms with van der Waals surface area (Å²) in [5.74, 6) is 0.527. The van der Waals surface area contributed by atoms with Crippen LogP contribution in [0.25, 0.3) is 0 Å². The minimum atomic E-state index is -3.50. The van der Waals surface area contributed by atoms with E-state index in [-0.39, 0.29) is 18.9 Å². The molecule has 0 atom stereocenters. The first kappa shape index (κ1) is 19.1. The van der Waals surface area contributed by atoms with Gasteiger partial charge in [-0.25, -0.2) is 13.1 Å². The summed E-state index contributed by atoms with van der Waals surface area (Å²) in [5, 5.41) is 0.801. The number of rotatable bonds is 7. The van der Waals surface area contributed by atoms with Crippen molar-refractivity contribution in [3.63, 3.8) is 0 Å². The van der Waals surface area contributed by atoms with Crippen LogP contribution in [0.15, 0.2) is 36.4 Å². The van der Waals surface area contributed by atoms with Gasteiger partial charge in [0.15, 0.2) is 0 Å².